The third-order valence-corrected chi connectivity index (χ3v) is 5.13. The Kier molecular flexibility index (Phi) is 5.61. The molecule has 3 rings (SSSR count). The Hall–Kier alpha value is -1.75. The van der Waals surface area contributed by atoms with Crippen molar-refractivity contribution in [3.05, 3.63) is 24.3 Å². The van der Waals surface area contributed by atoms with Crippen molar-refractivity contribution in [2.24, 2.45) is 5.92 Å². The molecule has 0 bridgehead atoms. The molecule has 0 aromatic heterocycles. The van der Waals surface area contributed by atoms with Gasteiger partial charge in [-0.25, -0.2) is 0 Å². The number of likely N-dealkylation sites (N-methyl/N-ethyl adjacent to an activating group) is 1. The molecule has 1 heterocycles. The van der Waals surface area contributed by atoms with Crippen molar-refractivity contribution >= 4 is 11.6 Å². The van der Waals surface area contributed by atoms with E-state index in [-0.39, 0.29) is 5.91 Å². The first-order valence-electron chi connectivity index (χ1n) is 9.03. The molecular formula is C19H28N2O3. The average Bonchev–Trinajstić information content (AvgIpc) is 2.62. The van der Waals surface area contributed by atoms with E-state index >= 15 is 0 Å². The van der Waals surface area contributed by atoms with Crippen molar-refractivity contribution in [1.82, 2.24) is 5.32 Å². The van der Waals surface area contributed by atoms with Gasteiger partial charge in [-0.05, 0) is 30.9 Å². The molecule has 0 saturated heterocycles. The van der Waals surface area contributed by atoms with Crippen LogP contribution in [0.4, 0.5) is 5.69 Å². The molecule has 24 heavy (non-hydrogen) atoms. The lowest BCUT2D eigenvalue weighted by atomic mass is 9.88. The molecule has 1 aliphatic heterocycles. The van der Waals surface area contributed by atoms with Crippen LogP contribution in [-0.2, 0) is 9.53 Å². The van der Waals surface area contributed by atoms with Crippen LogP contribution < -0.4 is 15.0 Å². The van der Waals surface area contributed by atoms with Crippen molar-refractivity contribution in [1.29, 1.82) is 0 Å². The van der Waals surface area contributed by atoms with Gasteiger partial charge < -0.3 is 19.7 Å². The zero-order valence-corrected chi connectivity index (χ0v) is 14.7. The molecule has 0 unspecified atom stereocenters. The van der Waals surface area contributed by atoms with Gasteiger partial charge in [-0.15, -0.1) is 0 Å². The van der Waals surface area contributed by atoms with Crippen molar-refractivity contribution < 1.29 is 14.3 Å². The molecule has 1 amide bonds. The van der Waals surface area contributed by atoms with Crippen LogP contribution in [0.5, 0.6) is 5.75 Å². The van der Waals surface area contributed by atoms with Gasteiger partial charge in [-0.3, -0.25) is 4.79 Å². The largest absolute Gasteiger partial charge is 0.477 e. The van der Waals surface area contributed by atoms with Crippen LogP contribution in [0.15, 0.2) is 24.3 Å². The van der Waals surface area contributed by atoms with E-state index in [4.69, 9.17) is 9.47 Å². The highest BCUT2D eigenvalue weighted by molar-refractivity contribution is 5.83. The zero-order valence-electron chi connectivity index (χ0n) is 14.7. The van der Waals surface area contributed by atoms with E-state index in [1.807, 2.05) is 24.3 Å². The number of fused-ring (bicyclic) bond motifs is 1. The van der Waals surface area contributed by atoms with Crippen LogP contribution in [0.2, 0.25) is 0 Å². The number of carbonyl (C=O) groups excluding carboxylic acids is 1. The summed E-state index contributed by atoms with van der Waals surface area (Å²) in [5.74, 6) is 1.33. The van der Waals surface area contributed by atoms with Gasteiger partial charge in [0.05, 0.1) is 24.9 Å². The molecule has 1 aromatic rings. The number of nitrogens with zero attached hydrogens (tertiary/aromatic N) is 1. The third-order valence-electron chi connectivity index (χ3n) is 5.13. The van der Waals surface area contributed by atoms with Crippen LogP contribution in [0.3, 0.4) is 0 Å². The summed E-state index contributed by atoms with van der Waals surface area (Å²) >= 11 is 0. The van der Waals surface area contributed by atoms with E-state index in [0.29, 0.717) is 25.2 Å². The number of hydrogen-bond acceptors (Lipinski definition) is 4. The summed E-state index contributed by atoms with van der Waals surface area (Å²) in [6.07, 6.45) is 4.94. The lowest BCUT2D eigenvalue weighted by Gasteiger charge is -2.36. The second-order valence-electron chi connectivity index (χ2n) is 6.81. The van der Waals surface area contributed by atoms with Gasteiger partial charge in [-0.2, -0.15) is 0 Å². The number of nitrogens with one attached hydrogen (secondary N) is 1. The number of para-hydroxylation sites is 2. The Morgan fingerprint density at radius 1 is 1.33 bits per heavy atom. The molecule has 0 spiro atoms. The smallest absolute Gasteiger partial charge is 0.262 e. The van der Waals surface area contributed by atoms with Crippen molar-refractivity contribution in [3.8, 4) is 5.75 Å². The Morgan fingerprint density at radius 2 is 2.12 bits per heavy atom. The van der Waals surface area contributed by atoms with Gasteiger partial charge >= 0.3 is 0 Å². The van der Waals surface area contributed by atoms with Gasteiger partial charge in [0, 0.05) is 13.6 Å². The fourth-order valence-corrected chi connectivity index (χ4v) is 3.66. The van der Waals surface area contributed by atoms with Gasteiger partial charge in [0.1, 0.15) is 5.75 Å². The third kappa shape index (κ3) is 3.83. The second kappa shape index (κ2) is 7.88. The fourth-order valence-electron chi connectivity index (χ4n) is 3.66. The normalized spacial score (nSPS) is 26.4. The summed E-state index contributed by atoms with van der Waals surface area (Å²) in [4.78, 5) is 14.2. The van der Waals surface area contributed by atoms with Gasteiger partial charge in [0.15, 0.2) is 6.10 Å². The van der Waals surface area contributed by atoms with Gasteiger partial charge in [-0.1, -0.05) is 31.9 Å². The summed E-state index contributed by atoms with van der Waals surface area (Å²) < 4.78 is 12.0. The van der Waals surface area contributed by atoms with Gasteiger partial charge in [0.25, 0.3) is 5.91 Å². The van der Waals surface area contributed by atoms with E-state index < -0.39 is 6.10 Å². The predicted octanol–water partition coefficient (Wildman–Crippen LogP) is 2.60. The molecule has 0 radical (unpaired) electrons. The van der Waals surface area contributed by atoms with Crippen molar-refractivity contribution in [2.75, 3.05) is 31.6 Å². The molecule has 2 aliphatic rings. The Labute approximate surface area is 144 Å². The molecule has 132 valence electrons. The standard InChI is InChI=1S/C19H28N2O3/c1-14-7-3-5-9-16(14)23-12-11-21-13-18(19(22)20-2)24-17-10-6-4-8-15(17)21/h4,6,8,10,14,16,18H,3,5,7,9,11-13H2,1-2H3,(H,20,22)/t14-,16-,18+/m1/s1. The van der Waals surface area contributed by atoms with Crippen molar-refractivity contribution in [2.45, 2.75) is 44.8 Å². The number of ether oxygens (including phenoxy) is 2. The highest BCUT2D eigenvalue weighted by Gasteiger charge is 2.30. The first-order chi connectivity index (χ1) is 11.7. The van der Waals surface area contributed by atoms with Crippen molar-refractivity contribution in [3.63, 3.8) is 0 Å². The summed E-state index contributed by atoms with van der Waals surface area (Å²) in [6, 6.07) is 7.89. The van der Waals surface area contributed by atoms with E-state index in [9.17, 15) is 4.79 Å². The molecule has 1 aromatic carbocycles. The number of carbonyl (C=O) groups is 1. The minimum atomic E-state index is -0.474. The molecule has 5 heteroatoms. The minimum Gasteiger partial charge on any atom is -0.477 e. The SMILES string of the molecule is CNC(=O)[C@@H]1CN(CCO[C@@H]2CCCC[C@H]2C)c2ccccc2O1. The number of rotatable bonds is 5. The second-order valence-corrected chi connectivity index (χ2v) is 6.81. The van der Waals surface area contributed by atoms with E-state index in [0.717, 1.165) is 18.0 Å². The molecule has 3 atom stereocenters. The Bertz CT molecular complexity index is 563. The summed E-state index contributed by atoms with van der Waals surface area (Å²) in [5.41, 5.74) is 1.04. The maximum absolute atomic E-state index is 12.0. The minimum absolute atomic E-state index is 0.0867. The monoisotopic (exact) mass is 332 g/mol. The van der Waals surface area contributed by atoms with Crippen LogP contribution in [0.25, 0.3) is 0 Å². The molecule has 1 N–H and O–H groups in total. The number of hydrogen-bond donors (Lipinski definition) is 1. The maximum Gasteiger partial charge on any atom is 0.262 e. The summed E-state index contributed by atoms with van der Waals surface area (Å²) in [5, 5.41) is 2.68. The topological polar surface area (TPSA) is 50.8 Å². The quantitative estimate of drug-likeness (QED) is 0.900. The van der Waals surface area contributed by atoms with Crippen LogP contribution >= 0.6 is 0 Å². The van der Waals surface area contributed by atoms with Gasteiger partial charge in [0.2, 0.25) is 0 Å². The summed E-state index contributed by atoms with van der Waals surface area (Å²) in [6.45, 7) is 4.30. The highest BCUT2D eigenvalue weighted by atomic mass is 16.5. The Balaban J connectivity index is 1.61. The average molecular weight is 332 g/mol. The molecule has 5 nitrogen and oxygen atoms in total. The highest BCUT2D eigenvalue weighted by Crippen LogP contribution is 2.33. The molecule has 1 aliphatic carbocycles. The number of benzene rings is 1. The Morgan fingerprint density at radius 3 is 2.92 bits per heavy atom. The van der Waals surface area contributed by atoms with E-state index in [2.05, 4.69) is 17.1 Å². The zero-order chi connectivity index (χ0) is 16.9. The summed E-state index contributed by atoms with van der Waals surface area (Å²) in [7, 11) is 1.64. The fraction of sp³-hybridized carbons (Fsp3) is 0.632. The van der Waals surface area contributed by atoms with Crippen LogP contribution in [0.1, 0.15) is 32.6 Å². The molecular weight excluding hydrogens is 304 g/mol. The first-order valence-corrected chi connectivity index (χ1v) is 9.03. The van der Waals surface area contributed by atoms with E-state index in [1.165, 1.54) is 25.7 Å². The number of amides is 1. The number of anilines is 1. The lowest BCUT2D eigenvalue weighted by molar-refractivity contribution is -0.127. The lowest BCUT2D eigenvalue weighted by Crippen LogP contribution is -2.49. The molecule has 1 saturated carbocycles. The first kappa shape index (κ1) is 17.1. The van der Waals surface area contributed by atoms with E-state index in [1.54, 1.807) is 7.05 Å². The van der Waals surface area contributed by atoms with Crippen LogP contribution in [-0.4, -0.2) is 44.9 Å². The predicted molar refractivity (Wildman–Crippen MR) is 94.5 cm³/mol. The maximum atomic E-state index is 12.0. The molecule has 1 fully saturated rings. The van der Waals surface area contributed by atoms with Crippen LogP contribution in [0, 0.1) is 5.92 Å².